The van der Waals surface area contributed by atoms with E-state index in [-0.39, 0.29) is 5.91 Å². The van der Waals surface area contributed by atoms with Gasteiger partial charge >= 0.3 is 0 Å². The molecule has 0 aliphatic carbocycles. The van der Waals surface area contributed by atoms with Crippen molar-refractivity contribution in [2.24, 2.45) is 0 Å². The van der Waals surface area contributed by atoms with Gasteiger partial charge < -0.3 is 0 Å². The molecule has 3 rings (SSSR count). The molecule has 1 aromatic carbocycles. The standard InChI is InChI=1S/C14H13N5OS2/c1-2-9-3-5-10(6-4-9)13-16-11(7-22-13)12(20)18-19-8-15-17-14(19)21/h3-8H,2H2,1H3,(H,17,21)(H,18,20). The van der Waals surface area contributed by atoms with Crippen LogP contribution < -0.4 is 5.43 Å². The van der Waals surface area contributed by atoms with Crippen molar-refractivity contribution in [3.05, 3.63) is 52.0 Å². The van der Waals surface area contributed by atoms with Gasteiger partial charge in [-0.2, -0.15) is 5.10 Å². The summed E-state index contributed by atoms with van der Waals surface area (Å²) in [6, 6.07) is 8.18. The van der Waals surface area contributed by atoms with Gasteiger partial charge in [0.15, 0.2) is 0 Å². The topological polar surface area (TPSA) is 75.6 Å². The van der Waals surface area contributed by atoms with E-state index in [1.54, 1.807) is 5.38 Å². The third kappa shape index (κ3) is 2.97. The maximum atomic E-state index is 12.1. The van der Waals surface area contributed by atoms with Gasteiger partial charge in [-0.1, -0.05) is 31.2 Å². The van der Waals surface area contributed by atoms with Gasteiger partial charge in [-0.05, 0) is 24.2 Å². The third-order valence-electron chi connectivity index (χ3n) is 3.12. The highest BCUT2D eigenvalue weighted by atomic mass is 32.1. The molecule has 0 saturated heterocycles. The molecule has 6 nitrogen and oxygen atoms in total. The van der Waals surface area contributed by atoms with Crippen molar-refractivity contribution in [3.63, 3.8) is 0 Å². The number of aromatic amines is 1. The van der Waals surface area contributed by atoms with E-state index in [9.17, 15) is 4.79 Å². The molecule has 0 spiro atoms. The maximum absolute atomic E-state index is 12.1. The minimum atomic E-state index is -0.329. The Morgan fingerprint density at radius 1 is 1.41 bits per heavy atom. The van der Waals surface area contributed by atoms with Crippen LogP contribution in [0.5, 0.6) is 0 Å². The van der Waals surface area contributed by atoms with Crippen molar-refractivity contribution in [3.8, 4) is 10.6 Å². The maximum Gasteiger partial charge on any atom is 0.289 e. The summed E-state index contributed by atoms with van der Waals surface area (Å²) in [6.45, 7) is 2.11. The number of thiazole rings is 1. The number of benzene rings is 1. The third-order valence-corrected chi connectivity index (χ3v) is 4.30. The van der Waals surface area contributed by atoms with Crippen LogP contribution in [0.3, 0.4) is 0 Å². The summed E-state index contributed by atoms with van der Waals surface area (Å²) in [5, 5.41) is 8.83. The molecule has 0 bridgehead atoms. The lowest BCUT2D eigenvalue weighted by atomic mass is 10.1. The van der Waals surface area contributed by atoms with Crippen molar-refractivity contribution < 1.29 is 4.79 Å². The summed E-state index contributed by atoms with van der Waals surface area (Å²) in [7, 11) is 0. The number of aryl methyl sites for hydroxylation is 1. The van der Waals surface area contributed by atoms with Gasteiger partial charge in [0, 0.05) is 10.9 Å². The van der Waals surface area contributed by atoms with E-state index in [1.165, 1.54) is 27.9 Å². The molecule has 0 unspecified atom stereocenters. The zero-order valence-electron chi connectivity index (χ0n) is 11.7. The van der Waals surface area contributed by atoms with Crippen LogP contribution in [0.4, 0.5) is 0 Å². The molecule has 2 heterocycles. The zero-order chi connectivity index (χ0) is 15.5. The van der Waals surface area contributed by atoms with E-state index >= 15 is 0 Å². The molecule has 0 aliphatic rings. The van der Waals surface area contributed by atoms with Crippen LogP contribution in [-0.2, 0) is 6.42 Å². The first-order chi connectivity index (χ1) is 10.7. The normalized spacial score (nSPS) is 10.6. The van der Waals surface area contributed by atoms with Gasteiger partial charge in [-0.3, -0.25) is 15.3 Å². The number of amides is 1. The molecule has 0 radical (unpaired) electrons. The highest BCUT2D eigenvalue weighted by Crippen LogP contribution is 2.24. The first-order valence-electron chi connectivity index (χ1n) is 6.65. The number of H-pyrrole nitrogens is 1. The summed E-state index contributed by atoms with van der Waals surface area (Å²) in [6.07, 6.45) is 2.40. The number of carbonyl (C=O) groups is 1. The number of nitrogens with one attached hydrogen (secondary N) is 2. The summed E-state index contributed by atoms with van der Waals surface area (Å²) in [5.74, 6) is -0.329. The highest BCUT2D eigenvalue weighted by Gasteiger charge is 2.12. The minimum Gasteiger partial charge on any atom is -0.266 e. The van der Waals surface area contributed by atoms with Crippen molar-refractivity contribution in [1.82, 2.24) is 19.9 Å². The van der Waals surface area contributed by atoms with E-state index in [1.807, 2.05) is 12.1 Å². The SMILES string of the molecule is CCc1ccc(-c2nc(C(=O)Nn3cn[nH]c3=S)cs2)cc1. The average Bonchev–Trinajstić information content (AvgIpc) is 3.17. The molecular weight excluding hydrogens is 318 g/mol. The first-order valence-corrected chi connectivity index (χ1v) is 7.94. The number of aromatic nitrogens is 4. The Labute approximate surface area is 135 Å². The van der Waals surface area contributed by atoms with Crippen molar-refractivity contribution in [1.29, 1.82) is 0 Å². The summed E-state index contributed by atoms with van der Waals surface area (Å²) in [5.41, 5.74) is 5.24. The first kappa shape index (κ1) is 14.6. The van der Waals surface area contributed by atoms with Crippen molar-refractivity contribution in [2.75, 3.05) is 5.43 Å². The minimum absolute atomic E-state index is 0.318. The molecule has 0 atom stereocenters. The fraction of sp³-hybridized carbons (Fsp3) is 0.143. The van der Waals surface area contributed by atoms with Crippen LogP contribution in [0.25, 0.3) is 10.6 Å². The fourth-order valence-corrected chi connectivity index (χ4v) is 2.84. The second kappa shape index (κ2) is 6.20. The monoisotopic (exact) mass is 331 g/mol. The van der Waals surface area contributed by atoms with Crippen molar-refractivity contribution >= 4 is 29.5 Å². The molecule has 2 N–H and O–H groups in total. The average molecular weight is 331 g/mol. The lowest BCUT2D eigenvalue weighted by molar-refractivity contribution is 0.100. The predicted molar refractivity (Wildman–Crippen MR) is 88.0 cm³/mol. The van der Waals surface area contributed by atoms with E-state index in [0.29, 0.717) is 10.5 Å². The van der Waals surface area contributed by atoms with Gasteiger partial charge in [0.25, 0.3) is 5.91 Å². The number of hydrogen-bond acceptors (Lipinski definition) is 5. The molecule has 0 aliphatic heterocycles. The zero-order valence-corrected chi connectivity index (χ0v) is 13.4. The van der Waals surface area contributed by atoms with Crippen LogP contribution in [-0.4, -0.2) is 25.8 Å². The quantitative estimate of drug-likeness (QED) is 0.721. The largest absolute Gasteiger partial charge is 0.289 e. The Balaban J connectivity index is 1.79. The van der Waals surface area contributed by atoms with E-state index in [2.05, 4.69) is 39.7 Å². The number of nitrogens with zero attached hydrogens (tertiary/aromatic N) is 3. The predicted octanol–water partition coefficient (Wildman–Crippen LogP) is 3.01. The Hall–Kier alpha value is -2.32. The van der Waals surface area contributed by atoms with Crippen LogP contribution in [0.2, 0.25) is 0 Å². The lowest BCUT2D eigenvalue weighted by Gasteiger charge is -2.01. The molecule has 22 heavy (non-hydrogen) atoms. The molecular formula is C14H13N5OS2. The number of carbonyl (C=O) groups excluding carboxylic acids is 1. The van der Waals surface area contributed by atoms with E-state index in [0.717, 1.165) is 17.0 Å². The Morgan fingerprint density at radius 2 is 2.18 bits per heavy atom. The molecule has 8 heteroatoms. The molecule has 0 saturated carbocycles. The highest BCUT2D eigenvalue weighted by molar-refractivity contribution is 7.71. The van der Waals surface area contributed by atoms with Gasteiger partial charge in [-0.25, -0.2) is 9.66 Å². The second-order valence-electron chi connectivity index (χ2n) is 4.56. The van der Waals surface area contributed by atoms with Crippen LogP contribution in [0.1, 0.15) is 23.0 Å². The van der Waals surface area contributed by atoms with Crippen LogP contribution in [0, 0.1) is 4.77 Å². The summed E-state index contributed by atoms with van der Waals surface area (Å²) in [4.78, 5) is 16.5. The molecule has 0 fully saturated rings. The van der Waals surface area contributed by atoms with Crippen LogP contribution in [0.15, 0.2) is 36.0 Å². The Morgan fingerprint density at radius 3 is 2.82 bits per heavy atom. The van der Waals surface area contributed by atoms with E-state index < -0.39 is 0 Å². The molecule has 1 amide bonds. The fourth-order valence-electron chi connectivity index (χ4n) is 1.89. The van der Waals surface area contributed by atoms with Gasteiger partial charge in [0.2, 0.25) is 4.77 Å². The Bertz CT molecular complexity index is 847. The Kier molecular flexibility index (Phi) is 4.12. The summed E-state index contributed by atoms with van der Waals surface area (Å²) < 4.78 is 1.66. The van der Waals surface area contributed by atoms with Crippen molar-refractivity contribution in [2.45, 2.75) is 13.3 Å². The van der Waals surface area contributed by atoms with Crippen LogP contribution >= 0.6 is 23.6 Å². The van der Waals surface area contributed by atoms with Gasteiger partial charge in [0.1, 0.15) is 17.0 Å². The molecule has 2 aromatic heterocycles. The van der Waals surface area contributed by atoms with Gasteiger partial charge in [0.05, 0.1) is 0 Å². The number of rotatable bonds is 4. The van der Waals surface area contributed by atoms with E-state index in [4.69, 9.17) is 12.2 Å². The lowest BCUT2D eigenvalue weighted by Crippen LogP contribution is -2.22. The number of hydrogen-bond donors (Lipinski definition) is 2. The molecule has 112 valence electrons. The second-order valence-corrected chi connectivity index (χ2v) is 5.81. The smallest absolute Gasteiger partial charge is 0.266 e. The molecule has 3 aromatic rings. The summed E-state index contributed by atoms with van der Waals surface area (Å²) >= 11 is 6.40. The van der Waals surface area contributed by atoms with Gasteiger partial charge in [-0.15, -0.1) is 11.3 Å².